The highest BCUT2D eigenvalue weighted by Crippen LogP contribution is 2.26. The molecular weight excluding hydrogens is 228 g/mol. The van der Waals surface area contributed by atoms with Gasteiger partial charge in [0.05, 0.1) is 0 Å². The molecular formula is C11H12O2S2. The van der Waals surface area contributed by atoms with Crippen molar-refractivity contribution in [2.45, 2.75) is 13.3 Å². The molecule has 1 rings (SSSR count). The summed E-state index contributed by atoms with van der Waals surface area (Å²) in [6, 6.07) is 9.15. The molecule has 1 aromatic carbocycles. The zero-order chi connectivity index (χ0) is 11.1. The van der Waals surface area contributed by atoms with Crippen molar-refractivity contribution in [3.05, 3.63) is 35.9 Å². The number of carbonyl (C=O) groups is 2. The Morgan fingerprint density at radius 3 is 2.47 bits per heavy atom. The molecule has 15 heavy (non-hydrogen) atoms. The predicted octanol–water partition coefficient (Wildman–Crippen LogP) is 3.19. The fourth-order valence-electron chi connectivity index (χ4n) is 0.903. The minimum absolute atomic E-state index is 0.0455. The van der Waals surface area contributed by atoms with E-state index >= 15 is 0 Å². The first kappa shape index (κ1) is 12.3. The molecule has 0 saturated carbocycles. The van der Waals surface area contributed by atoms with Crippen molar-refractivity contribution in [2.75, 3.05) is 5.75 Å². The van der Waals surface area contributed by atoms with Crippen LogP contribution in [-0.4, -0.2) is 16.7 Å². The smallest absolute Gasteiger partial charge is 0.229 e. The summed E-state index contributed by atoms with van der Waals surface area (Å²) in [5, 5.41) is 0.0455. The summed E-state index contributed by atoms with van der Waals surface area (Å²) in [4.78, 5) is 22.2. The Hall–Kier alpha value is -0.740. The van der Waals surface area contributed by atoms with Gasteiger partial charge in [0.2, 0.25) is 5.12 Å². The molecule has 0 bridgehead atoms. The third-order valence-corrected chi connectivity index (χ3v) is 3.86. The van der Waals surface area contributed by atoms with E-state index in [1.165, 1.54) is 21.6 Å². The topological polar surface area (TPSA) is 34.1 Å². The second-order valence-electron chi connectivity index (χ2n) is 3.01. The van der Waals surface area contributed by atoms with Crippen LogP contribution in [-0.2, 0) is 4.79 Å². The van der Waals surface area contributed by atoms with E-state index < -0.39 is 0 Å². The lowest BCUT2D eigenvalue weighted by Gasteiger charge is -1.98. The third-order valence-electron chi connectivity index (χ3n) is 1.68. The highest BCUT2D eigenvalue weighted by Gasteiger charge is 2.05. The van der Waals surface area contributed by atoms with E-state index in [1.54, 1.807) is 19.1 Å². The Bertz CT molecular complexity index is 336. The van der Waals surface area contributed by atoms with Gasteiger partial charge in [0, 0.05) is 17.7 Å². The molecule has 0 aliphatic rings. The van der Waals surface area contributed by atoms with Gasteiger partial charge in [-0.2, -0.15) is 0 Å². The molecule has 80 valence electrons. The van der Waals surface area contributed by atoms with E-state index in [2.05, 4.69) is 0 Å². The van der Waals surface area contributed by atoms with Crippen LogP contribution in [0.5, 0.6) is 0 Å². The summed E-state index contributed by atoms with van der Waals surface area (Å²) in [5.41, 5.74) is 0.706. The second kappa shape index (κ2) is 6.69. The van der Waals surface area contributed by atoms with Crippen LogP contribution in [0.1, 0.15) is 23.7 Å². The van der Waals surface area contributed by atoms with Crippen LogP contribution in [0.3, 0.4) is 0 Å². The van der Waals surface area contributed by atoms with E-state index in [0.29, 0.717) is 17.7 Å². The summed E-state index contributed by atoms with van der Waals surface area (Å²) in [7, 11) is 2.63. The van der Waals surface area contributed by atoms with Gasteiger partial charge in [-0.25, -0.2) is 0 Å². The maximum absolute atomic E-state index is 11.5. The van der Waals surface area contributed by atoms with Gasteiger partial charge >= 0.3 is 0 Å². The van der Waals surface area contributed by atoms with Crippen LogP contribution in [0.4, 0.5) is 0 Å². The average Bonchev–Trinajstić information content (AvgIpc) is 2.25. The second-order valence-corrected chi connectivity index (χ2v) is 5.40. The van der Waals surface area contributed by atoms with Gasteiger partial charge in [0.15, 0.2) is 0 Å². The first-order valence-corrected chi connectivity index (χ1v) is 6.90. The van der Waals surface area contributed by atoms with E-state index in [9.17, 15) is 9.59 Å². The molecule has 0 aliphatic carbocycles. The maximum atomic E-state index is 11.5. The van der Waals surface area contributed by atoms with E-state index in [0.717, 1.165) is 0 Å². The van der Waals surface area contributed by atoms with Gasteiger partial charge in [-0.1, -0.05) is 41.1 Å². The van der Waals surface area contributed by atoms with Crippen LogP contribution in [0.25, 0.3) is 0 Å². The van der Waals surface area contributed by atoms with Crippen molar-refractivity contribution in [2.24, 2.45) is 0 Å². The number of carbonyl (C=O) groups excluding carboxylic acids is 2. The normalized spacial score (nSPS) is 9.93. The Morgan fingerprint density at radius 2 is 1.87 bits per heavy atom. The first-order chi connectivity index (χ1) is 7.20. The van der Waals surface area contributed by atoms with Gasteiger partial charge in [-0.05, 0) is 17.7 Å². The van der Waals surface area contributed by atoms with Crippen molar-refractivity contribution in [3.8, 4) is 0 Å². The number of ketones is 1. The van der Waals surface area contributed by atoms with Gasteiger partial charge in [0.1, 0.15) is 5.78 Å². The summed E-state index contributed by atoms with van der Waals surface area (Å²) in [6.45, 7) is 1.56. The molecule has 0 radical (unpaired) electrons. The lowest BCUT2D eigenvalue weighted by molar-refractivity contribution is -0.116. The minimum Gasteiger partial charge on any atom is -0.300 e. The number of benzene rings is 1. The van der Waals surface area contributed by atoms with Gasteiger partial charge < -0.3 is 0 Å². The van der Waals surface area contributed by atoms with Crippen LogP contribution < -0.4 is 0 Å². The summed E-state index contributed by atoms with van der Waals surface area (Å²) < 4.78 is 0. The van der Waals surface area contributed by atoms with Crippen molar-refractivity contribution >= 4 is 32.5 Å². The maximum Gasteiger partial charge on any atom is 0.229 e. The monoisotopic (exact) mass is 240 g/mol. The van der Waals surface area contributed by atoms with Gasteiger partial charge in [-0.15, -0.1) is 0 Å². The number of Topliss-reactive ketones (excluding diaryl/α,β-unsaturated/α-hetero) is 1. The standard InChI is InChI=1S/C11H12O2S2/c1-9(12)7-8-14-15-11(13)10-5-3-2-4-6-10/h2-6H,7-8H2,1H3. The van der Waals surface area contributed by atoms with Crippen LogP contribution >= 0.6 is 21.6 Å². The number of hydrogen-bond donors (Lipinski definition) is 0. The fraction of sp³-hybridized carbons (Fsp3) is 0.273. The fourth-order valence-corrected chi connectivity index (χ4v) is 2.81. The highest BCUT2D eigenvalue weighted by atomic mass is 33.1. The molecule has 0 spiro atoms. The molecule has 0 N–H and O–H groups in total. The molecule has 2 nitrogen and oxygen atoms in total. The molecule has 0 amide bonds. The molecule has 0 saturated heterocycles. The number of hydrogen-bond acceptors (Lipinski definition) is 4. The quantitative estimate of drug-likeness (QED) is 0.584. The van der Waals surface area contributed by atoms with Crippen molar-refractivity contribution < 1.29 is 9.59 Å². The summed E-state index contributed by atoms with van der Waals surface area (Å²) in [6.07, 6.45) is 0.528. The zero-order valence-electron chi connectivity index (χ0n) is 8.43. The van der Waals surface area contributed by atoms with Crippen molar-refractivity contribution in [1.82, 2.24) is 0 Å². The molecule has 4 heteroatoms. The third kappa shape index (κ3) is 5.04. The Kier molecular flexibility index (Phi) is 5.50. The lowest BCUT2D eigenvalue weighted by Crippen LogP contribution is -1.93. The van der Waals surface area contributed by atoms with E-state index in [-0.39, 0.29) is 10.9 Å². The molecule has 0 aliphatic heterocycles. The SMILES string of the molecule is CC(=O)CCSSC(=O)c1ccccc1. The van der Waals surface area contributed by atoms with Crippen LogP contribution in [0.15, 0.2) is 30.3 Å². The Morgan fingerprint density at radius 1 is 1.20 bits per heavy atom. The largest absolute Gasteiger partial charge is 0.300 e. The molecule has 0 atom stereocenters. The Balaban J connectivity index is 2.28. The summed E-state index contributed by atoms with van der Waals surface area (Å²) >= 11 is 0. The van der Waals surface area contributed by atoms with Gasteiger partial charge in [-0.3, -0.25) is 9.59 Å². The zero-order valence-corrected chi connectivity index (χ0v) is 10.1. The number of rotatable bonds is 5. The highest BCUT2D eigenvalue weighted by molar-refractivity contribution is 8.82. The molecule has 0 heterocycles. The Labute approximate surface area is 97.2 Å². The van der Waals surface area contributed by atoms with Gasteiger partial charge in [0.25, 0.3) is 0 Å². The molecule has 0 aromatic heterocycles. The first-order valence-electron chi connectivity index (χ1n) is 4.58. The molecule has 0 unspecified atom stereocenters. The minimum atomic E-state index is 0.0455. The lowest BCUT2D eigenvalue weighted by atomic mass is 10.2. The van der Waals surface area contributed by atoms with Crippen LogP contribution in [0.2, 0.25) is 0 Å². The predicted molar refractivity (Wildman–Crippen MR) is 66.1 cm³/mol. The summed E-state index contributed by atoms with van der Waals surface area (Å²) in [5.74, 6) is 0.855. The molecule has 0 fully saturated rings. The van der Waals surface area contributed by atoms with Crippen molar-refractivity contribution in [3.63, 3.8) is 0 Å². The van der Waals surface area contributed by atoms with Crippen LogP contribution in [0, 0.1) is 0 Å². The van der Waals surface area contributed by atoms with E-state index in [4.69, 9.17) is 0 Å². The molecule has 1 aromatic rings. The van der Waals surface area contributed by atoms with E-state index in [1.807, 2.05) is 18.2 Å². The average molecular weight is 240 g/mol. The van der Waals surface area contributed by atoms with Crippen molar-refractivity contribution in [1.29, 1.82) is 0 Å².